The Morgan fingerprint density at radius 2 is 2.12 bits per heavy atom. The molecule has 0 saturated carbocycles. The van der Waals surface area contributed by atoms with Gasteiger partial charge in [0.25, 0.3) is 5.56 Å². The molecule has 1 atom stereocenters. The summed E-state index contributed by atoms with van der Waals surface area (Å²) in [6.07, 6.45) is 1.47. The van der Waals surface area contributed by atoms with Gasteiger partial charge in [-0.2, -0.15) is 18.3 Å². The topological polar surface area (TPSA) is 34.9 Å². The first-order valence-corrected chi connectivity index (χ1v) is 5.32. The van der Waals surface area contributed by atoms with Crippen LogP contribution in [0.4, 0.5) is 13.2 Å². The number of nitrogens with zero attached hydrogens (tertiary/aromatic N) is 2. The van der Waals surface area contributed by atoms with Crippen molar-refractivity contribution in [3.05, 3.63) is 40.3 Å². The molecule has 0 saturated heterocycles. The van der Waals surface area contributed by atoms with Gasteiger partial charge in [0, 0.05) is 6.07 Å². The Morgan fingerprint density at radius 1 is 1.35 bits per heavy atom. The summed E-state index contributed by atoms with van der Waals surface area (Å²) >= 11 is 0. The molecule has 3 nitrogen and oxygen atoms in total. The number of aromatic nitrogens is 2. The molecular weight excluding hydrogens is 233 g/mol. The zero-order valence-electron chi connectivity index (χ0n) is 8.94. The first-order valence-electron chi connectivity index (χ1n) is 5.32. The summed E-state index contributed by atoms with van der Waals surface area (Å²) in [5, 5.41) is 3.40. The standard InChI is InChI=1S/C11H11F3N2O/c12-11(13,14)9-6-7-10(17)16(15-9)8-4-2-1-3-5-8/h2,4,6-8H,1,3,5H2. The maximum Gasteiger partial charge on any atom is 0.435 e. The molecule has 17 heavy (non-hydrogen) atoms. The second-order valence-electron chi connectivity index (χ2n) is 3.93. The van der Waals surface area contributed by atoms with Gasteiger partial charge in [-0.25, -0.2) is 4.68 Å². The van der Waals surface area contributed by atoms with E-state index in [1.165, 1.54) is 0 Å². The van der Waals surface area contributed by atoms with Crippen LogP contribution in [0.5, 0.6) is 0 Å². The first kappa shape index (κ1) is 11.9. The third kappa shape index (κ3) is 2.57. The maximum atomic E-state index is 12.5. The van der Waals surface area contributed by atoms with E-state index in [9.17, 15) is 18.0 Å². The van der Waals surface area contributed by atoms with Crippen LogP contribution in [-0.4, -0.2) is 9.78 Å². The highest BCUT2D eigenvalue weighted by atomic mass is 19.4. The zero-order valence-corrected chi connectivity index (χ0v) is 8.94. The van der Waals surface area contributed by atoms with E-state index in [1.807, 2.05) is 6.08 Å². The Bertz CT molecular complexity index is 490. The van der Waals surface area contributed by atoms with E-state index in [4.69, 9.17) is 0 Å². The summed E-state index contributed by atoms with van der Waals surface area (Å²) < 4.78 is 38.3. The van der Waals surface area contributed by atoms with Gasteiger partial charge < -0.3 is 0 Å². The average Bonchev–Trinajstić information content (AvgIpc) is 2.29. The van der Waals surface area contributed by atoms with Crippen LogP contribution in [0.25, 0.3) is 0 Å². The monoisotopic (exact) mass is 244 g/mol. The zero-order chi connectivity index (χ0) is 12.5. The van der Waals surface area contributed by atoms with E-state index in [0.29, 0.717) is 12.5 Å². The van der Waals surface area contributed by atoms with Gasteiger partial charge in [0.2, 0.25) is 0 Å². The third-order valence-electron chi connectivity index (χ3n) is 2.66. The molecule has 92 valence electrons. The third-order valence-corrected chi connectivity index (χ3v) is 2.66. The minimum atomic E-state index is -4.52. The van der Waals surface area contributed by atoms with E-state index in [-0.39, 0.29) is 6.04 Å². The van der Waals surface area contributed by atoms with Crippen molar-refractivity contribution in [1.82, 2.24) is 9.78 Å². The number of alkyl halides is 3. The summed E-state index contributed by atoms with van der Waals surface area (Å²) in [5.41, 5.74) is -1.54. The molecule has 1 unspecified atom stereocenters. The number of rotatable bonds is 1. The van der Waals surface area contributed by atoms with Gasteiger partial charge in [0.15, 0.2) is 5.69 Å². The maximum absolute atomic E-state index is 12.5. The van der Waals surface area contributed by atoms with Crippen molar-refractivity contribution in [2.45, 2.75) is 31.5 Å². The van der Waals surface area contributed by atoms with Crippen LogP contribution < -0.4 is 5.56 Å². The predicted octanol–water partition coefficient (Wildman–Crippen LogP) is 2.54. The summed E-state index contributed by atoms with van der Waals surface area (Å²) in [6, 6.07) is 1.27. The second-order valence-corrected chi connectivity index (χ2v) is 3.93. The lowest BCUT2D eigenvalue weighted by Gasteiger charge is -2.18. The summed E-state index contributed by atoms with van der Waals surface area (Å²) in [4.78, 5) is 11.5. The van der Waals surface area contributed by atoms with Gasteiger partial charge in [0.1, 0.15) is 0 Å². The molecule has 2 rings (SSSR count). The molecule has 6 heteroatoms. The minimum Gasteiger partial charge on any atom is -0.268 e. The van der Waals surface area contributed by atoms with Gasteiger partial charge in [-0.05, 0) is 25.3 Å². The quantitative estimate of drug-likeness (QED) is 0.711. The van der Waals surface area contributed by atoms with Crippen LogP contribution in [0, 0.1) is 0 Å². The first-order chi connectivity index (χ1) is 7.98. The molecule has 0 radical (unpaired) electrons. The highest BCUT2D eigenvalue weighted by Crippen LogP contribution is 2.27. The molecule has 1 aliphatic rings. The molecule has 0 spiro atoms. The molecule has 1 aromatic heterocycles. The van der Waals surface area contributed by atoms with E-state index >= 15 is 0 Å². The largest absolute Gasteiger partial charge is 0.435 e. The van der Waals surface area contributed by atoms with Crippen molar-refractivity contribution in [2.75, 3.05) is 0 Å². The highest BCUT2D eigenvalue weighted by Gasteiger charge is 2.33. The Balaban J connectivity index is 2.42. The fraction of sp³-hybridized carbons (Fsp3) is 0.455. The number of hydrogen-bond donors (Lipinski definition) is 0. The molecular formula is C11H11F3N2O. The van der Waals surface area contributed by atoms with E-state index in [2.05, 4.69) is 5.10 Å². The van der Waals surface area contributed by atoms with Crippen LogP contribution in [-0.2, 0) is 6.18 Å². The van der Waals surface area contributed by atoms with Crippen molar-refractivity contribution in [3.8, 4) is 0 Å². The van der Waals surface area contributed by atoms with Gasteiger partial charge in [0.05, 0.1) is 6.04 Å². The molecule has 0 fully saturated rings. The molecule has 0 aliphatic heterocycles. The van der Waals surface area contributed by atoms with Crippen LogP contribution in [0.2, 0.25) is 0 Å². The normalized spacial score (nSPS) is 20.5. The lowest BCUT2D eigenvalue weighted by atomic mass is 10.0. The molecule has 0 amide bonds. The summed E-state index contributed by atoms with van der Waals surface area (Å²) in [7, 11) is 0. The lowest BCUT2D eigenvalue weighted by Crippen LogP contribution is -2.29. The van der Waals surface area contributed by atoms with Crippen molar-refractivity contribution < 1.29 is 13.2 Å². The van der Waals surface area contributed by atoms with Crippen molar-refractivity contribution in [1.29, 1.82) is 0 Å². The van der Waals surface area contributed by atoms with Crippen molar-refractivity contribution in [2.24, 2.45) is 0 Å². The lowest BCUT2D eigenvalue weighted by molar-refractivity contribution is -0.142. The smallest absolute Gasteiger partial charge is 0.268 e. The number of halogens is 3. The van der Waals surface area contributed by atoms with E-state index in [1.54, 1.807) is 6.08 Å². The Kier molecular flexibility index (Phi) is 3.04. The molecule has 1 heterocycles. The molecule has 1 aromatic rings. The molecule has 0 bridgehead atoms. The molecule has 1 aliphatic carbocycles. The fourth-order valence-corrected chi connectivity index (χ4v) is 1.81. The second kappa shape index (κ2) is 4.35. The Hall–Kier alpha value is -1.59. The van der Waals surface area contributed by atoms with Gasteiger partial charge >= 0.3 is 6.18 Å². The SMILES string of the molecule is O=c1ccc(C(F)(F)F)nn1C1C=CCCC1. The fourth-order valence-electron chi connectivity index (χ4n) is 1.81. The van der Waals surface area contributed by atoms with Crippen molar-refractivity contribution >= 4 is 0 Å². The van der Waals surface area contributed by atoms with Crippen LogP contribution in [0.3, 0.4) is 0 Å². The number of hydrogen-bond acceptors (Lipinski definition) is 2. The van der Waals surface area contributed by atoms with Gasteiger partial charge in [-0.3, -0.25) is 4.79 Å². The van der Waals surface area contributed by atoms with Crippen LogP contribution in [0.15, 0.2) is 29.1 Å². The average molecular weight is 244 g/mol. The molecule has 0 N–H and O–H groups in total. The van der Waals surface area contributed by atoms with Gasteiger partial charge in [-0.15, -0.1) is 0 Å². The van der Waals surface area contributed by atoms with Crippen LogP contribution >= 0.6 is 0 Å². The Labute approximate surface area is 95.6 Å². The van der Waals surface area contributed by atoms with E-state index in [0.717, 1.165) is 23.6 Å². The van der Waals surface area contributed by atoms with Crippen LogP contribution in [0.1, 0.15) is 31.0 Å². The number of allylic oxidation sites excluding steroid dienone is 2. The predicted molar refractivity (Wildman–Crippen MR) is 55.5 cm³/mol. The summed E-state index contributed by atoms with van der Waals surface area (Å²) in [6.45, 7) is 0. The molecule has 0 aromatic carbocycles. The van der Waals surface area contributed by atoms with E-state index < -0.39 is 17.4 Å². The summed E-state index contributed by atoms with van der Waals surface area (Å²) in [5.74, 6) is 0. The Morgan fingerprint density at radius 3 is 2.71 bits per heavy atom. The highest BCUT2D eigenvalue weighted by molar-refractivity contribution is 5.06. The minimum absolute atomic E-state index is 0.362. The van der Waals surface area contributed by atoms with Gasteiger partial charge in [-0.1, -0.05) is 12.2 Å². The van der Waals surface area contributed by atoms with Crippen molar-refractivity contribution in [3.63, 3.8) is 0 Å².